The highest BCUT2D eigenvalue weighted by atomic mass is 127. The number of halogens is 1. The molecule has 3 N–H and O–H groups in total. The van der Waals surface area contributed by atoms with Crippen LogP contribution in [0.3, 0.4) is 0 Å². The van der Waals surface area contributed by atoms with Gasteiger partial charge >= 0.3 is 0 Å². The molecule has 0 saturated heterocycles. The molecule has 2 atom stereocenters. The maximum Gasteiger partial charge on any atom is 0.188 e. The third kappa shape index (κ3) is 7.76. The topological polar surface area (TPSA) is 68.9 Å². The zero-order chi connectivity index (χ0) is 16.5. The van der Waals surface area contributed by atoms with Crippen molar-refractivity contribution in [3.8, 4) is 11.5 Å². The van der Waals surface area contributed by atoms with Crippen molar-refractivity contribution in [1.29, 1.82) is 0 Å². The van der Waals surface area contributed by atoms with E-state index in [4.69, 9.17) is 15.2 Å². The normalized spacial score (nSPS) is 13.7. The fourth-order valence-corrected chi connectivity index (χ4v) is 2.13. The van der Waals surface area contributed by atoms with Crippen LogP contribution in [0, 0.1) is 5.92 Å². The lowest BCUT2D eigenvalue weighted by Crippen LogP contribution is -2.38. The Hall–Kier alpha value is -1.18. The first-order valence-corrected chi connectivity index (χ1v) is 7.77. The molecule has 132 valence electrons. The molecule has 1 aromatic rings. The van der Waals surface area contributed by atoms with Gasteiger partial charge < -0.3 is 20.5 Å². The van der Waals surface area contributed by atoms with Crippen molar-refractivity contribution in [1.82, 2.24) is 5.32 Å². The number of rotatable bonds is 8. The van der Waals surface area contributed by atoms with Gasteiger partial charge in [0, 0.05) is 12.6 Å². The van der Waals surface area contributed by atoms with Crippen molar-refractivity contribution in [3.63, 3.8) is 0 Å². The van der Waals surface area contributed by atoms with Gasteiger partial charge in [0.1, 0.15) is 0 Å². The van der Waals surface area contributed by atoms with Crippen LogP contribution in [0.5, 0.6) is 11.5 Å². The Kier molecular flexibility index (Phi) is 10.8. The first-order valence-electron chi connectivity index (χ1n) is 7.77. The fourth-order valence-electron chi connectivity index (χ4n) is 2.13. The third-order valence-electron chi connectivity index (χ3n) is 3.61. The van der Waals surface area contributed by atoms with Crippen molar-refractivity contribution in [2.24, 2.45) is 16.6 Å². The number of benzene rings is 1. The number of hydrogen-bond acceptors (Lipinski definition) is 3. The van der Waals surface area contributed by atoms with Gasteiger partial charge in [-0.2, -0.15) is 0 Å². The predicted molar refractivity (Wildman–Crippen MR) is 107 cm³/mol. The van der Waals surface area contributed by atoms with Gasteiger partial charge in [0.05, 0.1) is 14.2 Å². The molecule has 1 rings (SSSR count). The van der Waals surface area contributed by atoms with Gasteiger partial charge in [0.25, 0.3) is 0 Å². The molecule has 2 unspecified atom stereocenters. The van der Waals surface area contributed by atoms with Gasteiger partial charge in [-0.05, 0) is 43.4 Å². The summed E-state index contributed by atoms with van der Waals surface area (Å²) in [4.78, 5) is 4.41. The van der Waals surface area contributed by atoms with Gasteiger partial charge in [0.15, 0.2) is 17.5 Å². The van der Waals surface area contributed by atoms with Crippen molar-refractivity contribution in [2.75, 3.05) is 20.8 Å². The number of guanidine groups is 1. The number of aliphatic imine (C=N–C) groups is 1. The summed E-state index contributed by atoms with van der Waals surface area (Å²) in [6.45, 7) is 7.07. The number of nitrogens with one attached hydrogen (secondary N) is 1. The van der Waals surface area contributed by atoms with Crippen LogP contribution in [0.4, 0.5) is 0 Å². The second-order valence-electron chi connectivity index (χ2n) is 5.68. The minimum Gasteiger partial charge on any atom is -0.493 e. The first-order chi connectivity index (χ1) is 10.5. The highest BCUT2D eigenvalue weighted by molar-refractivity contribution is 14.0. The van der Waals surface area contributed by atoms with E-state index in [1.807, 2.05) is 12.1 Å². The van der Waals surface area contributed by atoms with E-state index in [1.165, 1.54) is 5.56 Å². The van der Waals surface area contributed by atoms with Gasteiger partial charge in [-0.1, -0.05) is 19.9 Å². The highest BCUT2D eigenvalue weighted by Crippen LogP contribution is 2.28. The number of methoxy groups -OCH3 is 2. The predicted octanol–water partition coefficient (Wildman–Crippen LogP) is 3.20. The minimum atomic E-state index is 0. The molecule has 0 bridgehead atoms. The molecule has 23 heavy (non-hydrogen) atoms. The van der Waals surface area contributed by atoms with Crippen LogP contribution < -0.4 is 20.5 Å². The molecule has 5 nitrogen and oxygen atoms in total. The van der Waals surface area contributed by atoms with Crippen LogP contribution in [0.25, 0.3) is 0 Å². The van der Waals surface area contributed by atoms with E-state index in [2.05, 4.69) is 37.1 Å². The summed E-state index contributed by atoms with van der Waals surface area (Å²) in [5, 5.41) is 3.17. The number of nitrogens with two attached hydrogens (primary N) is 1. The van der Waals surface area contributed by atoms with Crippen molar-refractivity contribution < 1.29 is 9.47 Å². The summed E-state index contributed by atoms with van der Waals surface area (Å²) in [6.07, 6.45) is 1.94. The summed E-state index contributed by atoms with van der Waals surface area (Å²) in [7, 11) is 3.29. The monoisotopic (exact) mass is 435 g/mol. The Balaban J connectivity index is 0.00000484. The van der Waals surface area contributed by atoms with Crippen molar-refractivity contribution >= 4 is 29.9 Å². The molecule has 0 amide bonds. The first kappa shape index (κ1) is 21.8. The van der Waals surface area contributed by atoms with E-state index in [9.17, 15) is 0 Å². The van der Waals surface area contributed by atoms with Gasteiger partial charge in [-0.25, -0.2) is 0 Å². The molecule has 0 fully saturated rings. The van der Waals surface area contributed by atoms with Gasteiger partial charge in [0.2, 0.25) is 0 Å². The maximum atomic E-state index is 5.88. The average Bonchev–Trinajstić information content (AvgIpc) is 2.52. The maximum absolute atomic E-state index is 5.88. The SMILES string of the molecule is CCC(C)NC(N)=NCC(C)Cc1ccc(OC)c(OC)c1.I. The number of ether oxygens (including phenoxy) is 2. The van der Waals surface area contributed by atoms with Gasteiger partial charge in [-0.15, -0.1) is 24.0 Å². The molecule has 0 saturated carbocycles. The quantitative estimate of drug-likeness (QED) is 0.374. The zero-order valence-electron chi connectivity index (χ0n) is 14.8. The molecule has 0 spiro atoms. The second kappa shape index (κ2) is 11.4. The van der Waals surface area contributed by atoms with E-state index in [1.54, 1.807) is 14.2 Å². The van der Waals surface area contributed by atoms with Crippen LogP contribution in [0.15, 0.2) is 23.2 Å². The standard InChI is InChI=1S/C17H29N3O2.HI/c1-6-13(3)20-17(18)19-11-12(2)9-14-7-8-15(21-4)16(10-14)22-5;/h7-8,10,12-13H,6,9,11H2,1-5H3,(H3,18,19,20);1H. The molecule has 0 aliphatic carbocycles. The Morgan fingerprint density at radius 3 is 2.43 bits per heavy atom. The fraction of sp³-hybridized carbons (Fsp3) is 0.588. The highest BCUT2D eigenvalue weighted by Gasteiger charge is 2.08. The van der Waals surface area contributed by atoms with E-state index >= 15 is 0 Å². The Morgan fingerprint density at radius 2 is 1.87 bits per heavy atom. The number of nitrogens with zero attached hydrogens (tertiary/aromatic N) is 1. The second-order valence-corrected chi connectivity index (χ2v) is 5.68. The van der Waals surface area contributed by atoms with E-state index in [0.717, 1.165) is 24.3 Å². The molecule has 6 heteroatoms. The van der Waals surface area contributed by atoms with Crippen molar-refractivity contribution in [3.05, 3.63) is 23.8 Å². The summed E-state index contributed by atoms with van der Waals surface area (Å²) >= 11 is 0. The molecule has 0 radical (unpaired) electrons. The largest absolute Gasteiger partial charge is 0.493 e. The molecular formula is C17H30IN3O2. The average molecular weight is 435 g/mol. The Bertz CT molecular complexity index is 495. The Morgan fingerprint density at radius 1 is 1.22 bits per heavy atom. The van der Waals surface area contributed by atoms with E-state index in [0.29, 0.717) is 24.5 Å². The Labute approximate surface area is 157 Å². The molecular weight excluding hydrogens is 405 g/mol. The molecule has 0 aromatic heterocycles. The van der Waals surface area contributed by atoms with Crippen LogP contribution in [0.2, 0.25) is 0 Å². The van der Waals surface area contributed by atoms with E-state index in [-0.39, 0.29) is 24.0 Å². The third-order valence-corrected chi connectivity index (χ3v) is 3.61. The van der Waals surface area contributed by atoms with Crippen LogP contribution in [-0.2, 0) is 6.42 Å². The van der Waals surface area contributed by atoms with Gasteiger partial charge in [-0.3, -0.25) is 4.99 Å². The summed E-state index contributed by atoms with van der Waals surface area (Å²) in [5.41, 5.74) is 7.08. The summed E-state index contributed by atoms with van der Waals surface area (Å²) < 4.78 is 10.6. The lowest BCUT2D eigenvalue weighted by molar-refractivity contribution is 0.354. The lowest BCUT2D eigenvalue weighted by atomic mass is 10.0. The smallest absolute Gasteiger partial charge is 0.188 e. The molecule has 0 heterocycles. The number of hydrogen-bond donors (Lipinski definition) is 2. The van der Waals surface area contributed by atoms with Crippen LogP contribution >= 0.6 is 24.0 Å². The minimum absolute atomic E-state index is 0. The van der Waals surface area contributed by atoms with Crippen molar-refractivity contribution in [2.45, 2.75) is 39.7 Å². The van der Waals surface area contributed by atoms with Crippen LogP contribution in [0.1, 0.15) is 32.8 Å². The zero-order valence-corrected chi connectivity index (χ0v) is 17.1. The summed E-state index contributed by atoms with van der Waals surface area (Å²) in [6, 6.07) is 6.36. The van der Waals surface area contributed by atoms with Crippen LogP contribution in [-0.4, -0.2) is 32.8 Å². The molecule has 0 aliphatic rings. The van der Waals surface area contributed by atoms with E-state index < -0.39 is 0 Å². The molecule has 0 aliphatic heterocycles. The molecule has 1 aromatic carbocycles. The lowest BCUT2D eigenvalue weighted by Gasteiger charge is -2.14. The summed E-state index contributed by atoms with van der Waals surface area (Å²) in [5.74, 6) is 2.43.